The second-order valence-electron chi connectivity index (χ2n) is 5.44. The van der Waals surface area contributed by atoms with Gasteiger partial charge in [0.05, 0.1) is 11.1 Å². The van der Waals surface area contributed by atoms with E-state index in [0.717, 1.165) is 0 Å². The summed E-state index contributed by atoms with van der Waals surface area (Å²) in [7, 11) is 0. The summed E-state index contributed by atoms with van der Waals surface area (Å²) in [6, 6.07) is 8.85. The van der Waals surface area contributed by atoms with E-state index in [1.165, 1.54) is 28.3 Å². The van der Waals surface area contributed by atoms with E-state index in [1.807, 2.05) is 0 Å². The van der Waals surface area contributed by atoms with Crippen molar-refractivity contribution in [3.8, 4) is 0 Å². The molecule has 0 saturated heterocycles. The molecule has 0 heterocycles. The largest absolute Gasteiger partial charge is 0.271 e. The van der Waals surface area contributed by atoms with Gasteiger partial charge in [-0.15, -0.1) is 0 Å². The number of hydrogen-bond donors (Lipinski definition) is 2. The summed E-state index contributed by atoms with van der Waals surface area (Å²) in [4.78, 5) is 0. The minimum Gasteiger partial charge on any atom is -0.271 e. The lowest BCUT2D eigenvalue weighted by molar-refractivity contribution is 0.543. The van der Waals surface area contributed by atoms with Crippen LogP contribution >= 0.6 is 11.6 Å². The van der Waals surface area contributed by atoms with Gasteiger partial charge in [0, 0.05) is 0 Å². The van der Waals surface area contributed by atoms with Gasteiger partial charge in [-0.1, -0.05) is 41.4 Å². The maximum atomic E-state index is 13.6. The van der Waals surface area contributed by atoms with Crippen molar-refractivity contribution in [3.63, 3.8) is 0 Å². The average Bonchev–Trinajstić information content (AvgIpc) is 2.42. The monoisotopic (exact) mass is 306 g/mol. The molecule has 3 N–H and O–H groups in total. The Hall–Kier alpha value is -1.42. The van der Waals surface area contributed by atoms with Crippen LogP contribution in [-0.4, -0.2) is 0 Å². The van der Waals surface area contributed by atoms with E-state index >= 15 is 0 Å². The molecule has 0 aliphatic carbocycles. The van der Waals surface area contributed by atoms with Crippen LogP contribution in [0.15, 0.2) is 30.3 Å². The van der Waals surface area contributed by atoms with Gasteiger partial charge in [-0.25, -0.2) is 4.39 Å². The first-order valence-corrected chi connectivity index (χ1v) is 7.28. The number of aryl methyl sites for hydroxylation is 3. The molecule has 0 radical (unpaired) electrons. The summed E-state index contributed by atoms with van der Waals surface area (Å²) in [5.74, 6) is 5.25. The molecule has 0 spiro atoms. The standard InChI is InChI=1S/C17H20ClFN2/c1-10-7-11(2)14(12(3)8-10)9-16(21-20)13-5-4-6-15(19)17(13)18/h4-8,16,21H,9,20H2,1-3H3. The zero-order chi connectivity index (χ0) is 15.6. The second-order valence-corrected chi connectivity index (χ2v) is 5.82. The van der Waals surface area contributed by atoms with Crippen molar-refractivity contribution >= 4 is 11.6 Å². The highest BCUT2D eigenvalue weighted by Crippen LogP contribution is 2.29. The van der Waals surface area contributed by atoms with Crippen LogP contribution in [0.1, 0.15) is 33.9 Å². The number of halogens is 2. The summed E-state index contributed by atoms with van der Waals surface area (Å²) in [6.45, 7) is 6.23. The summed E-state index contributed by atoms with van der Waals surface area (Å²) in [6.07, 6.45) is 0.664. The third kappa shape index (κ3) is 3.43. The van der Waals surface area contributed by atoms with Crippen molar-refractivity contribution in [2.24, 2.45) is 5.84 Å². The minimum atomic E-state index is -0.424. The van der Waals surface area contributed by atoms with Gasteiger partial charge in [0.2, 0.25) is 0 Å². The molecular weight excluding hydrogens is 287 g/mol. The highest BCUT2D eigenvalue weighted by Gasteiger charge is 2.18. The molecule has 0 fully saturated rings. The normalized spacial score (nSPS) is 12.5. The van der Waals surface area contributed by atoms with Gasteiger partial charge in [-0.05, 0) is 55.5 Å². The van der Waals surface area contributed by atoms with Gasteiger partial charge in [0.25, 0.3) is 0 Å². The number of rotatable bonds is 4. The van der Waals surface area contributed by atoms with Crippen molar-refractivity contribution in [1.29, 1.82) is 0 Å². The molecule has 0 aliphatic rings. The van der Waals surface area contributed by atoms with Crippen LogP contribution in [0.4, 0.5) is 4.39 Å². The highest BCUT2D eigenvalue weighted by molar-refractivity contribution is 6.31. The molecule has 1 atom stereocenters. The molecule has 0 amide bonds. The number of nitrogens with two attached hydrogens (primary N) is 1. The third-order valence-electron chi connectivity index (χ3n) is 3.81. The summed E-state index contributed by atoms with van der Waals surface area (Å²) in [5.41, 5.74) is 8.29. The lowest BCUT2D eigenvalue weighted by Gasteiger charge is -2.21. The van der Waals surface area contributed by atoms with Crippen LogP contribution in [0.25, 0.3) is 0 Å². The molecule has 2 rings (SSSR count). The molecule has 21 heavy (non-hydrogen) atoms. The van der Waals surface area contributed by atoms with Crippen LogP contribution in [0.5, 0.6) is 0 Å². The predicted octanol–water partition coefficient (Wildman–Crippen LogP) is 4.15. The fraction of sp³-hybridized carbons (Fsp3) is 0.294. The molecule has 112 valence electrons. The number of benzene rings is 2. The molecular formula is C17H20ClFN2. The Balaban J connectivity index is 2.38. The molecule has 2 nitrogen and oxygen atoms in total. The summed E-state index contributed by atoms with van der Waals surface area (Å²) in [5, 5.41) is 0.128. The molecule has 0 saturated carbocycles. The van der Waals surface area contributed by atoms with Crippen molar-refractivity contribution in [1.82, 2.24) is 5.43 Å². The zero-order valence-electron chi connectivity index (χ0n) is 12.5. The van der Waals surface area contributed by atoms with Gasteiger partial charge >= 0.3 is 0 Å². The van der Waals surface area contributed by atoms with Gasteiger partial charge in [-0.3, -0.25) is 11.3 Å². The Morgan fingerprint density at radius 3 is 2.38 bits per heavy atom. The minimum absolute atomic E-state index is 0.128. The first kappa shape index (κ1) is 16.0. The second kappa shape index (κ2) is 6.56. The molecule has 2 aromatic carbocycles. The van der Waals surface area contributed by atoms with Crippen molar-refractivity contribution < 1.29 is 4.39 Å². The summed E-state index contributed by atoms with van der Waals surface area (Å²) >= 11 is 6.07. The fourth-order valence-corrected chi connectivity index (χ4v) is 3.04. The lowest BCUT2D eigenvalue weighted by Crippen LogP contribution is -2.30. The van der Waals surface area contributed by atoms with Crippen LogP contribution in [0, 0.1) is 26.6 Å². The van der Waals surface area contributed by atoms with E-state index in [1.54, 1.807) is 12.1 Å². The quantitative estimate of drug-likeness (QED) is 0.658. The van der Waals surface area contributed by atoms with E-state index < -0.39 is 5.82 Å². The number of hydrazine groups is 1. The van der Waals surface area contributed by atoms with E-state index in [-0.39, 0.29) is 11.1 Å². The molecule has 0 aliphatic heterocycles. The Labute approximate surface area is 130 Å². The van der Waals surface area contributed by atoms with Crippen molar-refractivity contribution in [2.45, 2.75) is 33.2 Å². The van der Waals surface area contributed by atoms with E-state index in [9.17, 15) is 4.39 Å². The summed E-state index contributed by atoms with van der Waals surface area (Å²) < 4.78 is 13.6. The maximum absolute atomic E-state index is 13.6. The van der Waals surface area contributed by atoms with Crippen molar-refractivity contribution in [2.75, 3.05) is 0 Å². The lowest BCUT2D eigenvalue weighted by atomic mass is 9.92. The van der Waals surface area contributed by atoms with Gasteiger partial charge in [0.15, 0.2) is 0 Å². The number of hydrogen-bond acceptors (Lipinski definition) is 2. The third-order valence-corrected chi connectivity index (χ3v) is 4.21. The Bertz CT molecular complexity index is 632. The van der Waals surface area contributed by atoms with Gasteiger partial charge in [0.1, 0.15) is 5.82 Å². The molecule has 2 aromatic rings. The highest BCUT2D eigenvalue weighted by atomic mass is 35.5. The van der Waals surface area contributed by atoms with Crippen LogP contribution < -0.4 is 11.3 Å². The molecule has 1 unspecified atom stereocenters. The first-order chi connectivity index (χ1) is 9.93. The van der Waals surface area contributed by atoms with Gasteiger partial charge in [-0.2, -0.15) is 0 Å². The molecule has 0 bridgehead atoms. The Morgan fingerprint density at radius 2 is 1.81 bits per heavy atom. The predicted molar refractivity (Wildman–Crippen MR) is 85.8 cm³/mol. The van der Waals surface area contributed by atoms with E-state index in [4.69, 9.17) is 17.4 Å². The molecule has 0 aromatic heterocycles. The first-order valence-electron chi connectivity index (χ1n) is 6.90. The van der Waals surface area contributed by atoms with E-state index in [0.29, 0.717) is 12.0 Å². The Morgan fingerprint density at radius 1 is 1.19 bits per heavy atom. The Kier molecular flexibility index (Phi) is 4.99. The molecule has 4 heteroatoms. The topological polar surface area (TPSA) is 38.0 Å². The number of nitrogens with one attached hydrogen (secondary N) is 1. The van der Waals surface area contributed by atoms with E-state index in [2.05, 4.69) is 38.3 Å². The van der Waals surface area contributed by atoms with Crippen LogP contribution in [0.2, 0.25) is 5.02 Å². The van der Waals surface area contributed by atoms with Crippen molar-refractivity contribution in [3.05, 3.63) is 69.0 Å². The fourth-order valence-electron chi connectivity index (χ4n) is 2.78. The SMILES string of the molecule is Cc1cc(C)c(CC(NN)c2cccc(F)c2Cl)c(C)c1. The average molecular weight is 307 g/mol. The van der Waals surface area contributed by atoms with Crippen LogP contribution in [0.3, 0.4) is 0 Å². The zero-order valence-corrected chi connectivity index (χ0v) is 13.3. The van der Waals surface area contributed by atoms with Crippen LogP contribution in [-0.2, 0) is 6.42 Å². The van der Waals surface area contributed by atoms with Gasteiger partial charge < -0.3 is 0 Å². The smallest absolute Gasteiger partial charge is 0.142 e. The maximum Gasteiger partial charge on any atom is 0.142 e.